The van der Waals surface area contributed by atoms with Crippen LogP contribution < -0.4 is 4.68 Å². The van der Waals surface area contributed by atoms with Gasteiger partial charge in [0.2, 0.25) is 0 Å². The van der Waals surface area contributed by atoms with E-state index in [0.29, 0.717) is 5.56 Å². The Balaban J connectivity index is 2.08. The molecule has 1 N–H and O–H groups in total. The Kier molecular flexibility index (Phi) is 4.73. The zero-order valence-corrected chi connectivity index (χ0v) is 12.1. The van der Waals surface area contributed by atoms with E-state index in [0.717, 1.165) is 0 Å². The molecular formula is C12H12N4O5S. The van der Waals surface area contributed by atoms with Gasteiger partial charge in [0, 0.05) is 30.0 Å². The van der Waals surface area contributed by atoms with E-state index >= 15 is 0 Å². The zero-order chi connectivity index (χ0) is 16.2. The summed E-state index contributed by atoms with van der Waals surface area (Å²) >= 11 is 0. The van der Waals surface area contributed by atoms with Crippen molar-refractivity contribution in [3.63, 3.8) is 0 Å². The Labute approximate surface area is 126 Å². The number of carbonyl (C=O) groups is 1. The third-order valence-electron chi connectivity index (χ3n) is 2.69. The lowest BCUT2D eigenvalue weighted by molar-refractivity contribution is -0.753. The minimum atomic E-state index is -4.23. The topological polar surface area (TPSA) is 137 Å². The van der Waals surface area contributed by atoms with E-state index in [2.05, 4.69) is 15.1 Å². The van der Waals surface area contributed by atoms with Gasteiger partial charge >= 0.3 is 5.97 Å². The van der Waals surface area contributed by atoms with Gasteiger partial charge in [0.1, 0.15) is 6.20 Å². The number of aromatic nitrogens is 4. The number of hydrogen-bond donors (Lipinski definition) is 1. The molecule has 0 aromatic carbocycles. The highest BCUT2D eigenvalue weighted by molar-refractivity contribution is 7.85. The second-order valence-corrected chi connectivity index (χ2v) is 5.89. The van der Waals surface area contributed by atoms with Crippen LogP contribution in [0.4, 0.5) is 0 Å². The molecule has 0 aliphatic carbocycles. The molecule has 0 aliphatic rings. The van der Waals surface area contributed by atoms with Crippen LogP contribution in [0.5, 0.6) is 0 Å². The van der Waals surface area contributed by atoms with Gasteiger partial charge in [-0.15, -0.1) is 0 Å². The van der Waals surface area contributed by atoms with E-state index in [1.807, 2.05) is 0 Å². The zero-order valence-electron chi connectivity index (χ0n) is 11.3. The summed E-state index contributed by atoms with van der Waals surface area (Å²) < 4.78 is 33.0. The van der Waals surface area contributed by atoms with Crippen molar-refractivity contribution in [3.8, 4) is 11.4 Å². The first-order valence-corrected chi connectivity index (χ1v) is 7.79. The summed E-state index contributed by atoms with van der Waals surface area (Å²) in [4.78, 5) is 18.7. The van der Waals surface area contributed by atoms with Crippen LogP contribution in [-0.4, -0.2) is 44.9 Å². The molecule has 0 radical (unpaired) electrons. The molecule has 2 rings (SSSR count). The van der Waals surface area contributed by atoms with Gasteiger partial charge in [-0.05, 0) is 11.2 Å². The van der Waals surface area contributed by atoms with Crippen molar-refractivity contribution in [2.24, 2.45) is 0 Å². The highest BCUT2D eigenvalue weighted by atomic mass is 32.2. The second kappa shape index (κ2) is 6.54. The van der Waals surface area contributed by atoms with E-state index in [1.54, 1.807) is 12.3 Å². The first-order valence-electron chi connectivity index (χ1n) is 6.21. The number of hydrogen-bond acceptors (Lipinski definition) is 7. The third kappa shape index (κ3) is 4.53. The Bertz CT molecular complexity index is 776. The predicted octanol–water partition coefficient (Wildman–Crippen LogP) is -0.540. The molecule has 116 valence electrons. The summed E-state index contributed by atoms with van der Waals surface area (Å²) in [5.41, 5.74) is 0.401. The molecule has 0 spiro atoms. The lowest BCUT2D eigenvalue weighted by Gasteiger charge is -2.03. The van der Waals surface area contributed by atoms with E-state index < -0.39 is 21.8 Å². The van der Waals surface area contributed by atoms with Gasteiger partial charge in [-0.2, -0.15) is 0 Å². The SMILES string of the molecule is O=C(O)c1ccnc(-c2cc[n+](CCCS(=O)(=O)[O-])nc2)n1. The van der Waals surface area contributed by atoms with Crippen molar-refractivity contribution >= 4 is 16.1 Å². The van der Waals surface area contributed by atoms with Crippen LogP contribution in [0.15, 0.2) is 30.7 Å². The summed E-state index contributed by atoms with van der Waals surface area (Å²) in [6.07, 6.45) is 4.51. The molecule has 0 bridgehead atoms. The van der Waals surface area contributed by atoms with Crippen molar-refractivity contribution in [1.29, 1.82) is 0 Å². The minimum Gasteiger partial charge on any atom is -0.748 e. The Morgan fingerprint density at radius 2 is 2.14 bits per heavy atom. The maximum atomic E-state index is 10.9. The molecule has 2 aromatic heterocycles. The first kappa shape index (κ1) is 15.9. The minimum absolute atomic E-state index is 0.123. The van der Waals surface area contributed by atoms with Gasteiger partial charge in [-0.1, -0.05) is 4.68 Å². The molecule has 0 fully saturated rings. The number of rotatable bonds is 6. The predicted molar refractivity (Wildman–Crippen MR) is 71.6 cm³/mol. The molecule has 2 aromatic rings. The van der Waals surface area contributed by atoms with Gasteiger partial charge in [0.15, 0.2) is 24.3 Å². The fraction of sp³-hybridized carbons (Fsp3) is 0.250. The summed E-state index contributed by atoms with van der Waals surface area (Å²) in [7, 11) is -4.23. The van der Waals surface area contributed by atoms with Gasteiger partial charge < -0.3 is 9.66 Å². The summed E-state index contributed by atoms with van der Waals surface area (Å²) in [5.74, 6) is -1.38. The molecule has 0 aliphatic heterocycles. The second-order valence-electron chi connectivity index (χ2n) is 4.36. The van der Waals surface area contributed by atoms with E-state index in [4.69, 9.17) is 5.11 Å². The molecule has 22 heavy (non-hydrogen) atoms. The third-order valence-corrected chi connectivity index (χ3v) is 3.47. The standard InChI is InChI=1S/C12H12N4O5S/c17-12(18)10-2-4-13-11(15-10)9-3-6-16(14-8-9)5-1-7-22(19,20)21/h2-4,6,8H,1,5,7H2,(H-,17,18,19,20,21). The molecule has 0 unspecified atom stereocenters. The van der Waals surface area contributed by atoms with Gasteiger partial charge in [-0.25, -0.2) is 23.2 Å². The summed E-state index contributed by atoms with van der Waals surface area (Å²) in [5, 5.41) is 12.9. The van der Waals surface area contributed by atoms with Crippen molar-refractivity contribution < 1.29 is 27.6 Å². The molecule has 0 saturated carbocycles. The fourth-order valence-electron chi connectivity index (χ4n) is 1.67. The van der Waals surface area contributed by atoms with E-state index in [-0.39, 0.29) is 24.5 Å². The van der Waals surface area contributed by atoms with E-state index in [1.165, 1.54) is 23.1 Å². The summed E-state index contributed by atoms with van der Waals surface area (Å²) in [6.45, 7) is 0.276. The van der Waals surface area contributed by atoms with Crippen LogP contribution in [0.3, 0.4) is 0 Å². The number of aromatic carboxylic acids is 1. The molecule has 2 heterocycles. The Hall–Kier alpha value is -2.46. The molecular weight excluding hydrogens is 312 g/mol. The van der Waals surface area contributed by atoms with Gasteiger partial charge in [0.05, 0.1) is 10.1 Å². The summed E-state index contributed by atoms with van der Waals surface area (Å²) in [6, 6.07) is 2.91. The molecule has 0 saturated heterocycles. The first-order chi connectivity index (χ1) is 10.3. The monoisotopic (exact) mass is 324 g/mol. The quantitative estimate of drug-likeness (QED) is 0.552. The highest BCUT2D eigenvalue weighted by Crippen LogP contribution is 2.11. The van der Waals surface area contributed by atoms with Crippen molar-refractivity contribution in [2.45, 2.75) is 13.0 Å². The largest absolute Gasteiger partial charge is 0.748 e. The van der Waals surface area contributed by atoms with E-state index in [9.17, 15) is 17.8 Å². The molecule has 9 nitrogen and oxygen atoms in total. The van der Waals surface area contributed by atoms with Crippen LogP contribution in [0.2, 0.25) is 0 Å². The van der Waals surface area contributed by atoms with Crippen LogP contribution in [0.25, 0.3) is 11.4 Å². The number of nitrogens with zero attached hydrogens (tertiary/aromatic N) is 4. The normalized spacial score (nSPS) is 11.3. The molecule has 0 amide bonds. The lowest BCUT2D eigenvalue weighted by atomic mass is 10.3. The molecule has 0 atom stereocenters. The average Bonchev–Trinajstić information content (AvgIpc) is 2.47. The van der Waals surface area contributed by atoms with Crippen molar-refractivity contribution in [2.75, 3.05) is 5.75 Å². The van der Waals surface area contributed by atoms with Crippen LogP contribution in [0, 0.1) is 0 Å². The molecule has 10 heteroatoms. The van der Waals surface area contributed by atoms with Crippen LogP contribution >= 0.6 is 0 Å². The number of carboxylic acids is 1. The lowest BCUT2D eigenvalue weighted by Crippen LogP contribution is -2.38. The van der Waals surface area contributed by atoms with Crippen LogP contribution in [-0.2, 0) is 16.7 Å². The Morgan fingerprint density at radius 3 is 2.73 bits per heavy atom. The Morgan fingerprint density at radius 1 is 1.36 bits per heavy atom. The van der Waals surface area contributed by atoms with Gasteiger partial charge in [0.25, 0.3) is 0 Å². The maximum Gasteiger partial charge on any atom is 0.354 e. The highest BCUT2D eigenvalue weighted by Gasteiger charge is 2.10. The fourth-order valence-corrected chi connectivity index (χ4v) is 2.15. The smallest absolute Gasteiger partial charge is 0.354 e. The van der Waals surface area contributed by atoms with Crippen molar-refractivity contribution in [1.82, 2.24) is 15.1 Å². The number of aryl methyl sites for hydroxylation is 1. The maximum absolute atomic E-state index is 10.9. The van der Waals surface area contributed by atoms with Crippen LogP contribution in [0.1, 0.15) is 16.9 Å². The van der Waals surface area contributed by atoms with Crippen molar-refractivity contribution in [3.05, 3.63) is 36.4 Å². The average molecular weight is 324 g/mol. The van der Waals surface area contributed by atoms with Gasteiger partial charge in [-0.3, -0.25) is 0 Å². The number of carboxylic acid groups (broad SMARTS) is 1.